The molecule has 1 N–H and O–H groups in total. The fourth-order valence-electron chi connectivity index (χ4n) is 3.40. The van der Waals surface area contributed by atoms with E-state index in [1.807, 2.05) is 0 Å². The number of sulfonamides is 1. The van der Waals surface area contributed by atoms with Crippen molar-refractivity contribution in [1.29, 1.82) is 0 Å². The normalized spacial score (nSPS) is 16.5. The summed E-state index contributed by atoms with van der Waals surface area (Å²) in [7, 11) is -4.44. The molecule has 180 valence electrons. The molecule has 1 amide bonds. The number of esters is 1. The number of likely N-dealkylation sites (tertiary alicyclic amines) is 1. The third kappa shape index (κ3) is 7.77. The summed E-state index contributed by atoms with van der Waals surface area (Å²) in [6, 6.07) is 1.91. The van der Waals surface area contributed by atoms with Crippen LogP contribution in [0.1, 0.15) is 51.5 Å². The van der Waals surface area contributed by atoms with Gasteiger partial charge >= 0.3 is 12.1 Å². The maximum Gasteiger partial charge on any atom is 0.416 e. The molecule has 1 heterocycles. The summed E-state index contributed by atoms with van der Waals surface area (Å²) in [5.41, 5.74) is -1.12. The quantitative estimate of drug-likeness (QED) is 0.579. The predicted molar refractivity (Wildman–Crippen MR) is 111 cm³/mol. The lowest BCUT2D eigenvalue weighted by molar-refractivity contribution is -0.153. The first-order chi connectivity index (χ1) is 14.9. The van der Waals surface area contributed by atoms with E-state index in [1.54, 1.807) is 18.7 Å². The molecule has 1 saturated heterocycles. The lowest BCUT2D eigenvalue weighted by Gasteiger charge is -2.22. The van der Waals surface area contributed by atoms with E-state index in [9.17, 15) is 31.2 Å². The molecule has 1 fully saturated rings. The Morgan fingerprint density at radius 3 is 2.31 bits per heavy atom. The van der Waals surface area contributed by atoms with E-state index in [-0.39, 0.29) is 18.2 Å². The Bertz CT molecular complexity index is 895. The van der Waals surface area contributed by atoms with Gasteiger partial charge in [0.15, 0.2) is 6.61 Å². The second kappa shape index (κ2) is 11.1. The first-order valence-corrected chi connectivity index (χ1v) is 12.0. The molecule has 0 saturated carbocycles. The standard InChI is InChI=1S/C21H29F3N2O5S/c1-15(2)12-18(20(28)31-14-19(27)26-10-5-3-4-6-11-26)25-32(29,30)17-9-7-8-16(13-17)21(22,23)24/h7-9,13,15,18,25H,3-6,10-12,14H2,1-2H3. The Labute approximate surface area is 186 Å². The van der Waals surface area contributed by atoms with Gasteiger partial charge in [0.1, 0.15) is 6.04 Å². The van der Waals surface area contributed by atoms with Crippen LogP contribution in [0, 0.1) is 5.92 Å². The average Bonchev–Trinajstić information content (AvgIpc) is 3.00. The molecule has 1 aliphatic heterocycles. The Hall–Kier alpha value is -2.14. The zero-order chi connectivity index (χ0) is 23.9. The van der Waals surface area contributed by atoms with E-state index >= 15 is 0 Å². The molecule has 0 spiro atoms. The average molecular weight is 479 g/mol. The van der Waals surface area contributed by atoms with Crippen LogP contribution in [0.25, 0.3) is 0 Å². The van der Waals surface area contributed by atoms with Gasteiger partial charge in [-0.1, -0.05) is 32.8 Å². The number of ether oxygens (including phenoxy) is 1. The van der Waals surface area contributed by atoms with Crippen LogP contribution in [0.4, 0.5) is 13.2 Å². The molecule has 0 aromatic heterocycles. The van der Waals surface area contributed by atoms with Crippen LogP contribution in [0.2, 0.25) is 0 Å². The molecule has 7 nitrogen and oxygen atoms in total. The molecule has 1 unspecified atom stereocenters. The molecule has 11 heteroatoms. The minimum atomic E-state index is -4.71. The SMILES string of the molecule is CC(C)CC(NS(=O)(=O)c1cccc(C(F)(F)F)c1)C(=O)OCC(=O)N1CCCCCC1. The number of amides is 1. The van der Waals surface area contributed by atoms with Gasteiger partial charge < -0.3 is 9.64 Å². The van der Waals surface area contributed by atoms with Gasteiger partial charge in [-0.15, -0.1) is 0 Å². The van der Waals surface area contributed by atoms with Crippen LogP contribution in [0.5, 0.6) is 0 Å². The predicted octanol–water partition coefficient (Wildman–Crippen LogP) is 3.34. The van der Waals surface area contributed by atoms with Gasteiger partial charge in [0.05, 0.1) is 10.5 Å². The van der Waals surface area contributed by atoms with Crippen molar-refractivity contribution in [3.05, 3.63) is 29.8 Å². The molecule has 1 atom stereocenters. The van der Waals surface area contributed by atoms with E-state index in [0.29, 0.717) is 19.2 Å². The fourth-order valence-corrected chi connectivity index (χ4v) is 4.65. The summed E-state index contributed by atoms with van der Waals surface area (Å²) < 4.78 is 71.4. The number of hydrogen-bond acceptors (Lipinski definition) is 5. The molecule has 0 bridgehead atoms. The van der Waals surface area contributed by atoms with Crippen LogP contribution in [-0.2, 0) is 30.5 Å². The number of carbonyl (C=O) groups excluding carboxylic acids is 2. The Balaban J connectivity index is 2.10. The van der Waals surface area contributed by atoms with Crippen molar-refractivity contribution in [3.63, 3.8) is 0 Å². The maximum absolute atomic E-state index is 12.9. The van der Waals surface area contributed by atoms with Crippen LogP contribution in [0.15, 0.2) is 29.2 Å². The van der Waals surface area contributed by atoms with Crippen molar-refractivity contribution >= 4 is 21.9 Å². The highest BCUT2D eigenvalue weighted by Gasteiger charge is 2.33. The Morgan fingerprint density at radius 2 is 1.75 bits per heavy atom. The third-order valence-electron chi connectivity index (χ3n) is 5.06. The highest BCUT2D eigenvalue weighted by Crippen LogP contribution is 2.30. The summed E-state index contributed by atoms with van der Waals surface area (Å²) in [5.74, 6) is -1.43. The van der Waals surface area contributed by atoms with Crippen molar-refractivity contribution < 1.29 is 35.9 Å². The van der Waals surface area contributed by atoms with Crippen LogP contribution >= 0.6 is 0 Å². The zero-order valence-electron chi connectivity index (χ0n) is 18.2. The number of alkyl halides is 3. The number of hydrogen-bond donors (Lipinski definition) is 1. The van der Waals surface area contributed by atoms with E-state index in [1.165, 1.54) is 0 Å². The second-order valence-corrected chi connectivity index (χ2v) is 9.95. The maximum atomic E-state index is 12.9. The third-order valence-corrected chi connectivity index (χ3v) is 6.53. The molecule has 32 heavy (non-hydrogen) atoms. The van der Waals surface area contributed by atoms with Gasteiger partial charge in [-0.3, -0.25) is 9.59 Å². The minimum absolute atomic E-state index is 0.0505. The first kappa shape index (κ1) is 26.1. The fraction of sp³-hybridized carbons (Fsp3) is 0.619. The van der Waals surface area contributed by atoms with Gasteiger partial charge in [-0.05, 0) is 43.4 Å². The summed E-state index contributed by atoms with van der Waals surface area (Å²) in [6.45, 7) is 4.14. The highest BCUT2D eigenvalue weighted by atomic mass is 32.2. The van der Waals surface area contributed by atoms with Gasteiger partial charge in [0.2, 0.25) is 10.0 Å². The van der Waals surface area contributed by atoms with Crippen molar-refractivity contribution in [2.75, 3.05) is 19.7 Å². The van der Waals surface area contributed by atoms with Crippen molar-refractivity contribution in [1.82, 2.24) is 9.62 Å². The largest absolute Gasteiger partial charge is 0.454 e. The van der Waals surface area contributed by atoms with Crippen LogP contribution in [0.3, 0.4) is 0 Å². The van der Waals surface area contributed by atoms with Crippen LogP contribution < -0.4 is 4.72 Å². The molecule has 1 aromatic rings. The summed E-state index contributed by atoms with van der Waals surface area (Å²) in [4.78, 5) is 25.9. The van der Waals surface area contributed by atoms with Crippen molar-refractivity contribution in [2.24, 2.45) is 5.92 Å². The molecule has 0 radical (unpaired) electrons. The molecular weight excluding hydrogens is 449 g/mol. The summed E-state index contributed by atoms with van der Waals surface area (Å²) in [6.07, 6.45) is -0.877. The van der Waals surface area contributed by atoms with Crippen molar-refractivity contribution in [3.8, 4) is 0 Å². The summed E-state index contributed by atoms with van der Waals surface area (Å²) in [5, 5.41) is 0. The first-order valence-electron chi connectivity index (χ1n) is 10.5. The topological polar surface area (TPSA) is 92.8 Å². The van der Waals surface area contributed by atoms with Gasteiger partial charge in [-0.25, -0.2) is 8.42 Å². The molecule has 1 aliphatic rings. The minimum Gasteiger partial charge on any atom is -0.454 e. The van der Waals surface area contributed by atoms with E-state index in [4.69, 9.17) is 4.74 Å². The van der Waals surface area contributed by atoms with Crippen molar-refractivity contribution in [2.45, 2.75) is 63.1 Å². The molecule has 0 aliphatic carbocycles. The Kier molecular flexibility index (Phi) is 9.08. The number of halogens is 3. The number of nitrogens with zero attached hydrogens (tertiary/aromatic N) is 1. The lowest BCUT2D eigenvalue weighted by atomic mass is 10.1. The van der Waals surface area contributed by atoms with E-state index in [0.717, 1.165) is 43.9 Å². The Morgan fingerprint density at radius 1 is 1.12 bits per heavy atom. The monoisotopic (exact) mass is 478 g/mol. The second-order valence-electron chi connectivity index (χ2n) is 8.23. The lowest BCUT2D eigenvalue weighted by Crippen LogP contribution is -2.44. The number of rotatable bonds is 8. The van der Waals surface area contributed by atoms with Gasteiger partial charge in [0, 0.05) is 13.1 Å². The molecule has 2 rings (SSSR count). The summed E-state index contributed by atoms with van der Waals surface area (Å²) >= 11 is 0. The van der Waals surface area contributed by atoms with Gasteiger partial charge in [-0.2, -0.15) is 17.9 Å². The molecular formula is C21H29F3N2O5S. The molecule has 1 aromatic carbocycles. The smallest absolute Gasteiger partial charge is 0.416 e. The number of benzene rings is 1. The number of nitrogens with one attached hydrogen (secondary N) is 1. The van der Waals surface area contributed by atoms with Gasteiger partial charge in [0.25, 0.3) is 5.91 Å². The number of carbonyl (C=O) groups is 2. The van der Waals surface area contributed by atoms with E-state index < -0.39 is 45.3 Å². The zero-order valence-corrected chi connectivity index (χ0v) is 19.0. The van der Waals surface area contributed by atoms with E-state index in [2.05, 4.69) is 4.72 Å². The van der Waals surface area contributed by atoms with Crippen LogP contribution in [-0.4, -0.2) is 50.9 Å². The highest BCUT2D eigenvalue weighted by molar-refractivity contribution is 7.89.